The number of halogens is 3. The number of nitro groups is 2. The Kier molecular flexibility index (Phi) is 9.51. The number of rotatable bonds is 9. The zero-order valence-electron chi connectivity index (χ0n) is 30.5. The van der Waals surface area contributed by atoms with E-state index < -0.39 is 96.2 Å². The van der Waals surface area contributed by atoms with E-state index in [9.17, 15) is 48.9 Å². The van der Waals surface area contributed by atoms with Gasteiger partial charge < -0.3 is 19.5 Å². The lowest BCUT2D eigenvalue weighted by molar-refractivity contribution is -0.392. The maximum Gasteiger partial charge on any atom is 0.301 e. The highest BCUT2D eigenvalue weighted by atomic mass is 35.5. The minimum atomic E-state index is -2.26. The van der Waals surface area contributed by atoms with Crippen LogP contribution in [0.25, 0.3) is 6.08 Å². The Bertz CT molecular complexity index is 2310. The van der Waals surface area contributed by atoms with Crippen molar-refractivity contribution in [3.63, 3.8) is 0 Å². The lowest BCUT2D eigenvalue weighted by Gasteiger charge is -2.49. The van der Waals surface area contributed by atoms with Crippen LogP contribution >= 0.6 is 23.2 Å². The molecule has 3 aromatic carbocycles. The van der Waals surface area contributed by atoms with Gasteiger partial charge in [-0.25, -0.2) is 14.2 Å². The van der Waals surface area contributed by atoms with Crippen LogP contribution in [0.3, 0.4) is 0 Å². The van der Waals surface area contributed by atoms with Gasteiger partial charge in [0.05, 0.1) is 47.3 Å². The van der Waals surface area contributed by atoms with Gasteiger partial charge in [-0.1, -0.05) is 23.8 Å². The number of aromatic hydroxyl groups is 1. The first-order valence-electron chi connectivity index (χ1n) is 17.3. The summed E-state index contributed by atoms with van der Waals surface area (Å²) in [5.74, 6) is -8.94. The minimum Gasteiger partial charge on any atom is -0.502 e. The van der Waals surface area contributed by atoms with E-state index in [1.807, 2.05) is 0 Å². The molecular weight excluding hydrogens is 792 g/mol. The summed E-state index contributed by atoms with van der Waals surface area (Å²) in [5.41, 5.74) is -1.41. The van der Waals surface area contributed by atoms with E-state index in [4.69, 9.17) is 32.7 Å². The smallest absolute Gasteiger partial charge is 0.301 e. The van der Waals surface area contributed by atoms with Crippen molar-refractivity contribution in [3.05, 3.63) is 97.9 Å². The summed E-state index contributed by atoms with van der Waals surface area (Å²) >= 11 is 14.7. The topological polar surface area (TPSA) is 203 Å². The molecule has 6 unspecified atom stereocenters. The van der Waals surface area contributed by atoms with Crippen LogP contribution < -0.4 is 24.2 Å². The second-order valence-corrected chi connectivity index (χ2v) is 15.4. The summed E-state index contributed by atoms with van der Waals surface area (Å²) in [6.45, 7) is 0. The molecule has 296 valence electrons. The van der Waals surface area contributed by atoms with Crippen LogP contribution in [0, 0.1) is 49.7 Å². The van der Waals surface area contributed by atoms with Crippen molar-refractivity contribution >= 4 is 81.3 Å². The normalized spacial score (nSPS) is 26.6. The van der Waals surface area contributed by atoms with Crippen molar-refractivity contribution in [1.82, 2.24) is 0 Å². The predicted molar refractivity (Wildman–Crippen MR) is 204 cm³/mol. The molecular formula is C38H32Cl2FN5O11. The molecule has 4 amide bonds. The second-order valence-electron chi connectivity index (χ2n) is 14.2. The number of anilines is 3. The third kappa shape index (κ3) is 5.69. The molecule has 4 aliphatic rings. The van der Waals surface area contributed by atoms with Crippen LogP contribution in [0.2, 0.25) is 0 Å². The van der Waals surface area contributed by atoms with E-state index in [0.717, 1.165) is 29.2 Å². The Morgan fingerprint density at radius 2 is 1.46 bits per heavy atom. The number of amides is 4. The van der Waals surface area contributed by atoms with Crippen LogP contribution in [0.15, 0.2) is 66.3 Å². The number of nitro benzene ring substituents is 2. The third-order valence-electron chi connectivity index (χ3n) is 11.1. The van der Waals surface area contributed by atoms with Gasteiger partial charge in [0.1, 0.15) is 5.82 Å². The first kappa shape index (κ1) is 39.2. The SMILES string of the molecule is COc1cc(C=CC2C3=CCC4C(=O)N(c5cc([N+](=O)[O-])c(N(C)C)c([N+](=O)[O-])c5)C(=O)C4C3CC3(Cl)C(=O)N(c4ccc(F)cc4)C(=O)C23Cl)cc(OC)c1O. The monoisotopic (exact) mass is 823 g/mol. The van der Waals surface area contributed by atoms with Crippen molar-refractivity contribution in [1.29, 1.82) is 0 Å². The first-order valence-corrected chi connectivity index (χ1v) is 18.0. The molecule has 1 N–H and O–H groups in total. The Hall–Kier alpha value is -6.07. The van der Waals surface area contributed by atoms with Crippen molar-refractivity contribution in [2.75, 3.05) is 43.0 Å². The van der Waals surface area contributed by atoms with Gasteiger partial charge in [-0.3, -0.25) is 39.4 Å². The highest BCUT2D eigenvalue weighted by Gasteiger charge is 2.76. The van der Waals surface area contributed by atoms with Crippen molar-refractivity contribution < 1.29 is 48.0 Å². The fraction of sp³-hybridized carbons (Fsp3) is 0.316. The molecule has 0 spiro atoms. The van der Waals surface area contributed by atoms with Crippen LogP contribution in [0.5, 0.6) is 17.2 Å². The zero-order valence-corrected chi connectivity index (χ0v) is 32.0. The van der Waals surface area contributed by atoms with Gasteiger partial charge in [-0.15, -0.1) is 23.2 Å². The summed E-state index contributed by atoms with van der Waals surface area (Å²) in [4.78, 5) is 78.5. The number of imide groups is 2. The quantitative estimate of drug-likeness (QED) is 0.0902. The molecule has 7 rings (SSSR count). The van der Waals surface area contributed by atoms with E-state index in [-0.39, 0.29) is 35.0 Å². The van der Waals surface area contributed by atoms with Crippen LogP contribution in [0.1, 0.15) is 18.4 Å². The number of benzene rings is 3. The Morgan fingerprint density at radius 3 is 1.98 bits per heavy atom. The number of hydrogen-bond acceptors (Lipinski definition) is 12. The van der Waals surface area contributed by atoms with Gasteiger partial charge in [-0.05, 0) is 60.7 Å². The van der Waals surface area contributed by atoms with E-state index >= 15 is 0 Å². The van der Waals surface area contributed by atoms with Crippen LogP contribution in [0.4, 0.5) is 32.8 Å². The maximum atomic E-state index is 14.6. The average molecular weight is 825 g/mol. The molecule has 57 heavy (non-hydrogen) atoms. The molecule has 6 atom stereocenters. The molecule has 2 heterocycles. The van der Waals surface area contributed by atoms with Gasteiger partial charge in [0.2, 0.25) is 17.6 Å². The fourth-order valence-electron chi connectivity index (χ4n) is 8.57. The van der Waals surface area contributed by atoms with E-state index in [1.54, 1.807) is 6.08 Å². The zero-order chi connectivity index (χ0) is 41.5. The number of hydrogen-bond donors (Lipinski definition) is 1. The number of alkyl halides is 2. The summed E-state index contributed by atoms with van der Waals surface area (Å²) in [6, 6.07) is 9.30. The predicted octanol–water partition coefficient (Wildman–Crippen LogP) is 5.74. The van der Waals surface area contributed by atoms with Crippen LogP contribution in [-0.2, 0) is 19.2 Å². The molecule has 2 saturated heterocycles. The highest BCUT2D eigenvalue weighted by molar-refractivity contribution is 6.58. The maximum absolute atomic E-state index is 14.6. The van der Waals surface area contributed by atoms with Crippen molar-refractivity contribution in [3.8, 4) is 17.2 Å². The Labute approximate surface area is 332 Å². The Morgan fingerprint density at radius 1 is 0.877 bits per heavy atom. The molecule has 2 aliphatic heterocycles. The first-order chi connectivity index (χ1) is 26.9. The van der Waals surface area contributed by atoms with Gasteiger partial charge in [-0.2, -0.15) is 0 Å². The summed E-state index contributed by atoms with van der Waals surface area (Å²) < 4.78 is 24.5. The summed E-state index contributed by atoms with van der Waals surface area (Å²) in [5, 5.41) is 34.8. The number of phenolic OH excluding ortho intramolecular Hbond substituents is 1. The largest absolute Gasteiger partial charge is 0.502 e. The van der Waals surface area contributed by atoms with Gasteiger partial charge in [0.15, 0.2) is 26.9 Å². The lowest BCUT2D eigenvalue weighted by Crippen LogP contribution is -2.60. The molecule has 0 bridgehead atoms. The highest BCUT2D eigenvalue weighted by Crippen LogP contribution is 2.64. The van der Waals surface area contributed by atoms with E-state index in [1.165, 1.54) is 69.6 Å². The third-order valence-corrected chi connectivity index (χ3v) is 12.5. The second kappa shape index (κ2) is 13.8. The molecule has 0 radical (unpaired) electrons. The number of phenols is 1. The van der Waals surface area contributed by atoms with Gasteiger partial charge >= 0.3 is 11.4 Å². The number of ether oxygens (including phenoxy) is 2. The van der Waals surface area contributed by atoms with E-state index in [2.05, 4.69) is 0 Å². The molecule has 0 aromatic heterocycles. The molecule has 1 saturated carbocycles. The molecule has 3 fully saturated rings. The number of fused-ring (bicyclic) bond motifs is 4. The summed E-state index contributed by atoms with van der Waals surface area (Å²) in [6.07, 6.45) is 4.19. The molecule has 19 heteroatoms. The number of methoxy groups -OCH3 is 2. The minimum absolute atomic E-state index is 0.0194. The van der Waals surface area contributed by atoms with Crippen molar-refractivity contribution in [2.45, 2.75) is 22.6 Å². The molecule has 16 nitrogen and oxygen atoms in total. The van der Waals surface area contributed by atoms with Gasteiger partial charge in [0, 0.05) is 32.1 Å². The van der Waals surface area contributed by atoms with E-state index in [0.29, 0.717) is 16.0 Å². The van der Waals surface area contributed by atoms with Crippen LogP contribution in [-0.4, -0.2) is 76.6 Å². The number of allylic oxidation sites excluding steroid dienone is 3. The number of nitrogens with zero attached hydrogens (tertiary/aromatic N) is 5. The van der Waals surface area contributed by atoms with Gasteiger partial charge in [0.25, 0.3) is 11.8 Å². The fourth-order valence-corrected chi connectivity index (χ4v) is 9.46. The number of carbonyl (C=O) groups is 4. The average Bonchev–Trinajstić information content (AvgIpc) is 3.51. The molecule has 2 aliphatic carbocycles. The number of carbonyl (C=O) groups excluding carboxylic acids is 4. The lowest BCUT2D eigenvalue weighted by atomic mass is 9.57. The standard InChI is InChI=1S/C38H32Cl2FN5O11/c1-42(2)31-26(45(52)53)15-21(16-27(31)46(54)55)43-33(48)23-11-10-22-24(30(23)34(43)49)17-37(39)35(50)44(20-8-6-19(41)7-9-20)36(51)38(37,40)25(22)12-5-18-13-28(56-3)32(47)29(14-18)57-4/h5-10,12-16,23-25,30,47H,11,17H2,1-4H3. The summed E-state index contributed by atoms with van der Waals surface area (Å²) in [7, 11) is 5.40. The molecule has 3 aromatic rings. The van der Waals surface area contributed by atoms with Crippen molar-refractivity contribution in [2.24, 2.45) is 23.7 Å². The Balaban J connectivity index is 1.37.